The Morgan fingerprint density at radius 3 is 2.80 bits per heavy atom. The van der Waals surface area contributed by atoms with Gasteiger partial charge in [0.25, 0.3) is 0 Å². The van der Waals surface area contributed by atoms with Crippen LogP contribution in [0.15, 0.2) is 23.8 Å². The molecule has 1 aliphatic heterocycles. The summed E-state index contributed by atoms with van der Waals surface area (Å²) in [5, 5.41) is 10.7. The van der Waals surface area contributed by atoms with Gasteiger partial charge in [0.05, 0.1) is 5.60 Å². The van der Waals surface area contributed by atoms with E-state index in [4.69, 9.17) is 9.47 Å². The molecule has 4 atom stereocenters. The highest BCUT2D eigenvalue weighted by Gasteiger charge is 2.59. The zero-order valence-electron chi connectivity index (χ0n) is 12.4. The third kappa shape index (κ3) is 1.64. The van der Waals surface area contributed by atoms with Crippen LogP contribution in [0.2, 0.25) is 0 Å². The molecule has 0 aromatic carbocycles. The molecule has 20 heavy (non-hydrogen) atoms. The Labute approximate surface area is 119 Å². The lowest BCUT2D eigenvalue weighted by Crippen LogP contribution is -2.51. The SMILES string of the molecule is C=C1[C@@]2(C)CCC3=CC(=O)O[C@]3(OC)[C@H](C2)C[C@@]1(C)O. The Morgan fingerprint density at radius 2 is 2.15 bits per heavy atom. The quantitative estimate of drug-likeness (QED) is 0.591. The number of ether oxygens (including phenoxy) is 2. The smallest absolute Gasteiger partial charge is 0.333 e. The van der Waals surface area contributed by atoms with Gasteiger partial charge < -0.3 is 14.6 Å². The van der Waals surface area contributed by atoms with Crippen LogP contribution >= 0.6 is 0 Å². The predicted octanol–water partition coefficient (Wildman–Crippen LogP) is 2.33. The highest BCUT2D eigenvalue weighted by atomic mass is 16.7. The number of rotatable bonds is 1. The fourth-order valence-corrected chi connectivity index (χ4v) is 4.34. The van der Waals surface area contributed by atoms with Gasteiger partial charge in [-0.3, -0.25) is 0 Å². The standard InChI is InChI=1S/C16H22O4/c1-10-14(2)6-5-11-7-13(17)20-16(11,19-4)12(8-14)9-15(10,3)18/h7,12,18H,1,5-6,8-9H2,2-4H3/t12-,14+,15-,16+/m1/s1. The second-order valence-electron chi connectivity index (χ2n) is 6.88. The summed E-state index contributed by atoms with van der Waals surface area (Å²) in [4.78, 5) is 11.7. The summed E-state index contributed by atoms with van der Waals surface area (Å²) < 4.78 is 11.2. The topological polar surface area (TPSA) is 55.8 Å². The van der Waals surface area contributed by atoms with Gasteiger partial charge in [-0.15, -0.1) is 0 Å². The maximum atomic E-state index is 11.7. The van der Waals surface area contributed by atoms with Gasteiger partial charge in [-0.25, -0.2) is 4.79 Å². The van der Waals surface area contributed by atoms with Crippen molar-refractivity contribution in [3.05, 3.63) is 23.8 Å². The zero-order valence-corrected chi connectivity index (χ0v) is 12.4. The average molecular weight is 278 g/mol. The predicted molar refractivity (Wildman–Crippen MR) is 73.7 cm³/mol. The number of carbonyl (C=O) groups is 1. The van der Waals surface area contributed by atoms with Crippen LogP contribution in [0.3, 0.4) is 0 Å². The van der Waals surface area contributed by atoms with Crippen LogP contribution in [0.1, 0.15) is 39.5 Å². The molecule has 4 nitrogen and oxygen atoms in total. The number of hydrogen-bond acceptors (Lipinski definition) is 4. The summed E-state index contributed by atoms with van der Waals surface area (Å²) in [6.45, 7) is 8.08. The summed E-state index contributed by atoms with van der Waals surface area (Å²) in [6, 6.07) is 0. The first kappa shape index (κ1) is 13.8. The third-order valence-electron chi connectivity index (χ3n) is 5.50. The molecule has 4 heteroatoms. The minimum absolute atomic E-state index is 0.0433. The summed E-state index contributed by atoms with van der Waals surface area (Å²) in [7, 11) is 1.58. The van der Waals surface area contributed by atoms with Crippen LogP contribution in [0.4, 0.5) is 0 Å². The van der Waals surface area contributed by atoms with Crippen molar-refractivity contribution in [2.45, 2.75) is 50.9 Å². The van der Waals surface area contributed by atoms with Gasteiger partial charge in [0.2, 0.25) is 5.79 Å². The van der Waals surface area contributed by atoms with Gasteiger partial charge >= 0.3 is 5.97 Å². The van der Waals surface area contributed by atoms with Crippen molar-refractivity contribution in [2.75, 3.05) is 7.11 Å². The normalized spacial score (nSPS) is 47.4. The van der Waals surface area contributed by atoms with E-state index in [1.54, 1.807) is 20.1 Å². The van der Waals surface area contributed by atoms with Gasteiger partial charge in [-0.05, 0) is 43.6 Å². The van der Waals surface area contributed by atoms with E-state index in [1.165, 1.54) is 0 Å². The first-order valence-corrected chi connectivity index (χ1v) is 7.15. The molecule has 0 saturated heterocycles. The van der Waals surface area contributed by atoms with Gasteiger partial charge in [-0.1, -0.05) is 13.5 Å². The molecule has 110 valence electrons. The van der Waals surface area contributed by atoms with Crippen molar-refractivity contribution in [3.8, 4) is 0 Å². The Morgan fingerprint density at radius 1 is 1.45 bits per heavy atom. The zero-order chi connectivity index (χ0) is 14.8. The third-order valence-corrected chi connectivity index (χ3v) is 5.50. The van der Waals surface area contributed by atoms with E-state index in [2.05, 4.69) is 13.5 Å². The Kier molecular flexibility index (Phi) is 2.73. The number of aliphatic hydroxyl groups is 1. The maximum absolute atomic E-state index is 11.7. The molecule has 2 saturated carbocycles. The lowest BCUT2D eigenvalue weighted by molar-refractivity contribution is -0.225. The number of carbonyl (C=O) groups excluding carboxylic acids is 1. The van der Waals surface area contributed by atoms with Crippen molar-refractivity contribution in [1.82, 2.24) is 0 Å². The lowest BCUT2D eigenvalue weighted by atomic mass is 9.60. The lowest BCUT2D eigenvalue weighted by Gasteiger charge is -2.49. The van der Waals surface area contributed by atoms with E-state index in [9.17, 15) is 9.90 Å². The van der Waals surface area contributed by atoms with Crippen LogP contribution in [0.5, 0.6) is 0 Å². The largest absolute Gasteiger partial charge is 0.425 e. The average Bonchev–Trinajstić information content (AvgIpc) is 2.66. The Balaban J connectivity index is 2.11. The summed E-state index contributed by atoms with van der Waals surface area (Å²) in [6.07, 6.45) is 4.47. The van der Waals surface area contributed by atoms with Crippen molar-refractivity contribution < 1.29 is 19.4 Å². The second kappa shape index (κ2) is 3.95. The maximum Gasteiger partial charge on any atom is 0.333 e. The van der Waals surface area contributed by atoms with Gasteiger partial charge in [0.15, 0.2) is 0 Å². The molecule has 0 spiro atoms. The van der Waals surface area contributed by atoms with Crippen LogP contribution in [-0.4, -0.2) is 29.6 Å². The summed E-state index contributed by atoms with van der Waals surface area (Å²) in [5.41, 5.74) is 0.701. The van der Waals surface area contributed by atoms with Crippen molar-refractivity contribution in [2.24, 2.45) is 11.3 Å². The van der Waals surface area contributed by atoms with E-state index in [1.807, 2.05) is 0 Å². The molecule has 1 heterocycles. The molecule has 3 rings (SSSR count). The molecular weight excluding hydrogens is 256 g/mol. The van der Waals surface area contributed by atoms with Gasteiger partial charge in [-0.2, -0.15) is 0 Å². The molecule has 2 bridgehead atoms. The first-order valence-electron chi connectivity index (χ1n) is 7.15. The van der Waals surface area contributed by atoms with Crippen molar-refractivity contribution in [1.29, 1.82) is 0 Å². The molecule has 0 aromatic rings. The summed E-state index contributed by atoms with van der Waals surface area (Å²) >= 11 is 0. The van der Waals surface area contributed by atoms with Crippen LogP contribution in [0.25, 0.3) is 0 Å². The monoisotopic (exact) mass is 278 g/mol. The molecule has 2 aliphatic carbocycles. The van der Waals surface area contributed by atoms with Crippen LogP contribution in [-0.2, 0) is 14.3 Å². The number of hydrogen-bond donors (Lipinski definition) is 1. The van der Waals surface area contributed by atoms with E-state index < -0.39 is 11.4 Å². The number of methoxy groups -OCH3 is 1. The molecule has 0 unspecified atom stereocenters. The fraction of sp³-hybridized carbons (Fsp3) is 0.688. The van der Waals surface area contributed by atoms with Crippen molar-refractivity contribution in [3.63, 3.8) is 0 Å². The van der Waals surface area contributed by atoms with Gasteiger partial charge in [0.1, 0.15) is 0 Å². The minimum atomic E-state index is -0.987. The Hall–Kier alpha value is -1.13. The van der Waals surface area contributed by atoms with E-state index in [-0.39, 0.29) is 17.3 Å². The first-order chi connectivity index (χ1) is 9.23. The Bertz CT molecular complexity index is 519. The second-order valence-corrected chi connectivity index (χ2v) is 6.88. The molecule has 3 aliphatic rings. The molecule has 0 amide bonds. The molecule has 2 fully saturated rings. The van der Waals surface area contributed by atoms with E-state index in [0.717, 1.165) is 30.4 Å². The highest BCUT2D eigenvalue weighted by Crippen LogP contribution is 2.59. The number of esters is 1. The molecule has 0 aromatic heterocycles. The minimum Gasteiger partial charge on any atom is -0.425 e. The van der Waals surface area contributed by atoms with Crippen LogP contribution in [0, 0.1) is 11.3 Å². The molecule has 0 radical (unpaired) electrons. The van der Waals surface area contributed by atoms with E-state index in [0.29, 0.717) is 6.42 Å². The molecule has 1 N–H and O–H groups in total. The van der Waals surface area contributed by atoms with E-state index >= 15 is 0 Å². The molecular formula is C16H22O4. The fourth-order valence-electron chi connectivity index (χ4n) is 4.34. The summed E-state index contributed by atoms with van der Waals surface area (Å²) in [5.74, 6) is -1.37. The highest BCUT2D eigenvalue weighted by molar-refractivity contribution is 5.86. The number of fused-ring (bicyclic) bond motifs is 4. The van der Waals surface area contributed by atoms with Crippen LogP contribution < -0.4 is 0 Å². The van der Waals surface area contributed by atoms with Gasteiger partial charge in [0, 0.05) is 24.7 Å². The van der Waals surface area contributed by atoms with Crippen molar-refractivity contribution >= 4 is 5.97 Å².